The van der Waals surface area contributed by atoms with Crippen molar-refractivity contribution in [3.63, 3.8) is 0 Å². The van der Waals surface area contributed by atoms with Crippen molar-refractivity contribution in [3.8, 4) is 17.2 Å². The van der Waals surface area contributed by atoms with Crippen molar-refractivity contribution >= 4 is 23.2 Å². The predicted molar refractivity (Wildman–Crippen MR) is 127 cm³/mol. The van der Waals surface area contributed by atoms with E-state index in [0.29, 0.717) is 37.9 Å². The first-order valence-corrected chi connectivity index (χ1v) is 11.1. The molecule has 0 amide bonds. The second-order valence-electron chi connectivity index (χ2n) is 7.52. The number of ether oxygens (including phenoxy) is 3. The maximum Gasteiger partial charge on any atom is 0.271 e. The monoisotopic (exact) mass is 464 g/mol. The number of carbonyl (C=O) groups is 1. The maximum absolute atomic E-state index is 13.6. The minimum Gasteiger partial charge on any atom is -0.497 e. The molecular weight excluding hydrogens is 440 g/mol. The molecule has 170 valence electrons. The van der Waals surface area contributed by atoms with Gasteiger partial charge < -0.3 is 14.2 Å². The van der Waals surface area contributed by atoms with Gasteiger partial charge in [0.1, 0.15) is 17.2 Å². The van der Waals surface area contributed by atoms with E-state index in [1.807, 2.05) is 36.4 Å². The number of carbonyl (C=O) groups excluding carboxylic acids is 1. The quantitative estimate of drug-likeness (QED) is 0.561. The van der Waals surface area contributed by atoms with Crippen LogP contribution in [-0.4, -0.2) is 31.7 Å². The zero-order chi connectivity index (χ0) is 23.7. The minimum atomic E-state index is -0.565. The summed E-state index contributed by atoms with van der Waals surface area (Å²) in [6.45, 7) is 3.30. The highest BCUT2D eigenvalue weighted by Crippen LogP contribution is 2.31. The van der Waals surface area contributed by atoms with Crippen molar-refractivity contribution in [2.75, 3.05) is 21.3 Å². The highest BCUT2D eigenvalue weighted by molar-refractivity contribution is 7.07. The van der Waals surface area contributed by atoms with Gasteiger partial charge in [-0.25, -0.2) is 4.99 Å². The second-order valence-corrected chi connectivity index (χ2v) is 8.53. The van der Waals surface area contributed by atoms with Crippen LogP contribution in [0, 0.1) is 0 Å². The summed E-state index contributed by atoms with van der Waals surface area (Å²) in [5.41, 5.74) is 2.44. The first-order chi connectivity index (χ1) is 15.9. The van der Waals surface area contributed by atoms with E-state index >= 15 is 0 Å². The summed E-state index contributed by atoms with van der Waals surface area (Å²) in [7, 11) is 4.75. The number of methoxy groups -OCH3 is 3. The summed E-state index contributed by atoms with van der Waals surface area (Å²) < 4.78 is 18.1. The van der Waals surface area contributed by atoms with Gasteiger partial charge in [-0.15, -0.1) is 0 Å². The summed E-state index contributed by atoms with van der Waals surface area (Å²) in [6.07, 6.45) is 1.78. The van der Waals surface area contributed by atoms with Gasteiger partial charge in [0.25, 0.3) is 5.56 Å². The molecule has 0 N–H and O–H groups in total. The van der Waals surface area contributed by atoms with Crippen LogP contribution >= 0.6 is 11.3 Å². The lowest BCUT2D eigenvalue weighted by molar-refractivity contribution is -0.114. The van der Waals surface area contributed by atoms with Gasteiger partial charge in [-0.05, 0) is 49.8 Å². The largest absolute Gasteiger partial charge is 0.497 e. The van der Waals surface area contributed by atoms with Crippen molar-refractivity contribution < 1.29 is 19.0 Å². The van der Waals surface area contributed by atoms with Crippen LogP contribution in [0.25, 0.3) is 6.08 Å². The Morgan fingerprint density at radius 2 is 1.70 bits per heavy atom. The predicted octanol–water partition coefficient (Wildman–Crippen LogP) is 2.85. The number of hydrogen-bond donors (Lipinski definition) is 0. The van der Waals surface area contributed by atoms with Crippen molar-refractivity contribution in [2.45, 2.75) is 19.9 Å². The molecule has 0 spiro atoms. The van der Waals surface area contributed by atoms with Gasteiger partial charge in [-0.1, -0.05) is 23.5 Å². The molecule has 0 saturated heterocycles. The van der Waals surface area contributed by atoms with Crippen LogP contribution in [0.4, 0.5) is 0 Å². The van der Waals surface area contributed by atoms with Crippen molar-refractivity contribution in [1.82, 2.24) is 4.57 Å². The number of allylic oxidation sites excluding steroid dienone is 2. The Balaban J connectivity index is 1.94. The van der Waals surface area contributed by atoms with Gasteiger partial charge in [0.05, 0.1) is 31.9 Å². The van der Waals surface area contributed by atoms with E-state index in [-0.39, 0.29) is 11.3 Å². The first kappa shape index (κ1) is 22.5. The van der Waals surface area contributed by atoms with Crippen LogP contribution in [-0.2, 0) is 4.79 Å². The fraction of sp³-hybridized carbons (Fsp3) is 0.240. The summed E-state index contributed by atoms with van der Waals surface area (Å²) in [4.78, 5) is 31.3. The summed E-state index contributed by atoms with van der Waals surface area (Å²) in [5, 5.41) is 0. The Morgan fingerprint density at radius 3 is 2.30 bits per heavy atom. The number of rotatable bonds is 6. The van der Waals surface area contributed by atoms with Crippen LogP contribution in [0.1, 0.15) is 31.0 Å². The molecule has 0 radical (unpaired) electrons. The van der Waals surface area contributed by atoms with E-state index in [9.17, 15) is 9.59 Å². The first-order valence-electron chi connectivity index (χ1n) is 10.3. The van der Waals surface area contributed by atoms with E-state index in [0.717, 1.165) is 11.1 Å². The third kappa shape index (κ3) is 4.09. The highest BCUT2D eigenvalue weighted by Gasteiger charge is 2.30. The van der Waals surface area contributed by atoms with Gasteiger partial charge in [-0.3, -0.25) is 14.2 Å². The summed E-state index contributed by atoms with van der Waals surface area (Å²) in [5.74, 6) is 1.82. The number of hydrogen-bond acceptors (Lipinski definition) is 7. The molecule has 33 heavy (non-hydrogen) atoms. The van der Waals surface area contributed by atoms with Crippen molar-refractivity contribution in [3.05, 3.63) is 84.5 Å². The molecule has 2 heterocycles. The molecule has 1 aliphatic heterocycles. The van der Waals surface area contributed by atoms with Gasteiger partial charge in [0.15, 0.2) is 10.6 Å². The Labute approximate surface area is 194 Å². The van der Waals surface area contributed by atoms with E-state index in [4.69, 9.17) is 14.2 Å². The average Bonchev–Trinajstić information content (AvgIpc) is 3.12. The number of nitrogens with zero attached hydrogens (tertiary/aromatic N) is 2. The Kier molecular flexibility index (Phi) is 6.20. The molecule has 3 aromatic rings. The molecule has 4 rings (SSSR count). The Hall–Kier alpha value is -3.65. The zero-order valence-corrected chi connectivity index (χ0v) is 19.9. The standard InChI is InChI=1S/C25H24N2O5S/c1-14-22(15(2)28)23(16-6-9-18(30-3)10-7-16)27-24(29)21(33-25(27)26-14)12-17-8-11-19(31-4)13-20(17)32-5/h6-13,23H,1-5H3/b21-12+/t23-/m0/s1. The lowest BCUT2D eigenvalue weighted by Gasteiger charge is -2.24. The Bertz CT molecular complexity index is 1430. The van der Waals surface area contributed by atoms with Crippen molar-refractivity contribution in [2.24, 2.45) is 4.99 Å². The van der Waals surface area contributed by atoms with Gasteiger partial charge >= 0.3 is 0 Å². The number of ketones is 1. The average molecular weight is 465 g/mol. The zero-order valence-electron chi connectivity index (χ0n) is 19.0. The summed E-state index contributed by atoms with van der Waals surface area (Å²) >= 11 is 1.28. The number of thiazole rings is 1. The van der Waals surface area contributed by atoms with E-state index < -0.39 is 6.04 Å². The fourth-order valence-corrected chi connectivity index (χ4v) is 4.99. The number of benzene rings is 2. The van der Waals surface area contributed by atoms with Crippen LogP contribution in [0.2, 0.25) is 0 Å². The second kappa shape index (κ2) is 9.07. The lowest BCUT2D eigenvalue weighted by Crippen LogP contribution is -2.39. The molecule has 1 atom stereocenters. The highest BCUT2D eigenvalue weighted by atomic mass is 32.1. The molecule has 2 aromatic carbocycles. The third-order valence-electron chi connectivity index (χ3n) is 5.56. The molecule has 1 aromatic heterocycles. The number of fused-ring (bicyclic) bond motifs is 1. The molecule has 0 aliphatic carbocycles. The van der Waals surface area contributed by atoms with Crippen LogP contribution in [0.3, 0.4) is 0 Å². The Morgan fingerprint density at radius 1 is 1.03 bits per heavy atom. The van der Waals surface area contributed by atoms with Crippen LogP contribution in [0.15, 0.2) is 63.5 Å². The van der Waals surface area contributed by atoms with Crippen LogP contribution < -0.4 is 29.1 Å². The molecule has 8 heteroatoms. The normalized spacial score (nSPS) is 15.7. The van der Waals surface area contributed by atoms with E-state index in [1.165, 1.54) is 18.3 Å². The van der Waals surface area contributed by atoms with E-state index in [2.05, 4.69) is 4.99 Å². The number of aromatic nitrogens is 1. The molecule has 7 nitrogen and oxygen atoms in total. The molecule has 0 saturated carbocycles. The molecule has 0 unspecified atom stereocenters. The van der Waals surface area contributed by atoms with E-state index in [1.54, 1.807) is 45.0 Å². The third-order valence-corrected chi connectivity index (χ3v) is 6.54. The van der Waals surface area contributed by atoms with Crippen molar-refractivity contribution in [1.29, 1.82) is 0 Å². The topological polar surface area (TPSA) is 79.1 Å². The SMILES string of the molecule is COc1ccc([C@H]2C(C(C)=O)=C(C)N=c3s/c(=C/c4ccc(OC)cc4OC)c(=O)n32)cc1. The van der Waals surface area contributed by atoms with Crippen LogP contribution in [0.5, 0.6) is 17.2 Å². The molecule has 0 bridgehead atoms. The summed E-state index contributed by atoms with van der Waals surface area (Å²) in [6, 6.07) is 12.2. The van der Waals surface area contributed by atoms with Gasteiger partial charge in [0.2, 0.25) is 0 Å². The van der Waals surface area contributed by atoms with Gasteiger partial charge in [-0.2, -0.15) is 0 Å². The van der Waals surface area contributed by atoms with Gasteiger partial charge in [0, 0.05) is 22.9 Å². The number of Topliss-reactive ketones (excluding diaryl/α,β-unsaturated/α-hetero) is 1. The molecule has 1 aliphatic rings. The molecule has 0 fully saturated rings. The molecular formula is C25H24N2O5S. The lowest BCUT2D eigenvalue weighted by atomic mass is 9.93. The minimum absolute atomic E-state index is 0.122. The maximum atomic E-state index is 13.6. The smallest absolute Gasteiger partial charge is 0.271 e. The fourth-order valence-electron chi connectivity index (χ4n) is 3.95.